The van der Waals surface area contributed by atoms with Gasteiger partial charge in [-0.25, -0.2) is 0 Å². The van der Waals surface area contributed by atoms with E-state index in [0.29, 0.717) is 35.1 Å². The number of rotatable bonds is 12. The highest BCUT2D eigenvalue weighted by Gasteiger charge is 2.57. The first-order chi connectivity index (χ1) is 26.3. The fraction of sp³-hybridized carbons (Fsp3) is 0.513. The molecule has 302 valence electrons. The summed E-state index contributed by atoms with van der Waals surface area (Å²) in [4.78, 5) is 46.0. The smallest absolute Gasteiger partial charge is 0.425 e. The number of benzene rings is 1. The van der Waals surface area contributed by atoms with Crippen molar-refractivity contribution >= 4 is 29.1 Å². The number of thiophene rings is 1. The Balaban J connectivity index is 1.49. The predicted molar refractivity (Wildman–Crippen MR) is 192 cm³/mol. The van der Waals surface area contributed by atoms with Crippen LogP contribution in [0.1, 0.15) is 92.1 Å². The third kappa shape index (κ3) is 8.59. The predicted octanol–water partition coefficient (Wildman–Crippen LogP) is 8.37. The fourth-order valence-corrected chi connectivity index (χ4v) is 8.09. The van der Waals surface area contributed by atoms with Gasteiger partial charge in [-0.2, -0.15) is 31.6 Å². The van der Waals surface area contributed by atoms with Crippen molar-refractivity contribution < 1.29 is 55.3 Å². The summed E-state index contributed by atoms with van der Waals surface area (Å²) < 4.78 is 95.7. The van der Waals surface area contributed by atoms with Gasteiger partial charge in [0.15, 0.2) is 0 Å². The van der Waals surface area contributed by atoms with Gasteiger partial charge in [-0.15, -0.1) is 11.3 Å². The number of nitrogens with zero attached hydrogens (tertiary/aromatic N) is 4. The van der Waals surface area contributed by atoms with Crippen molar-refractivity contribution in [2.24, 2.45) is 5.41 Å². The van der Waals surface area contributed by atoms with Crippen LogP contribution in [-0.4, -0.2) is 75.6 Å². The lowest BCUT2D eigenvalue weighted by Crippen LogP contribution is -2.68. The summed E-state index contributed by atoms with van der Waals surface area (Å²) in [5.41, 5.74) is -5.62. The average molecular weight is 809 g/mol. The van der Waals surface area contributed by atoms with Gasteiger partial charge in [0.05, 0.1) is 40.7 Å². The zero-order valence-electron chi connectivity index (χ0n) is 31.0. The molecule has 5 rings (SSSR count). The van der Waals surface area contributed by atoms with Crippen molar-refractivity contribution in [3.05, 3.63) is 75.7 Å². The maximum Gasteiger partial charge on any atom is 0.425 e. The second-order valence-electron chi connectivity index (χ2n) is 14.7. The molecule has 2 fully saturated rings. The molecule has 2 amide bonds. The lowest BCUT2D eigenvalue weighted by atomic mass is 9.72. The molecule has 2 aliphatic rings. The van der Waals surface area contributed by atoms with E-state index in [2.05, 4.69) is 11.1 Å². The molecule has 0 saturated carbocycles. The van der Waals surface area contributed by atoms with Gasteiger partial charge in [0, 0.05) is 55.5 Å². The number of hydrogen-bond donors (Lipinski definition) is 1. The van der Waals surface area contributed by atoms with E-state index in [0.717, 1.165) is 28.7 Å². The first-order valence-corrected chi connectivity index (χ1v) is 19.0. The number of likely N-dealkylation sites (tertiary alicyclic amines) is 2. The summed E-state index contributed by atoms with van der Waals surface area (Å²) in [5, 5.41) is 21.2. The minimum atomic E-state index is -4.90. The number of alkyl halides is 6. The average Bonchev–Trinajstić information content (AvgIpc) is 3.64. The number of piperidine rings is 2. The van der Waals surface area contributed by atoms with Crippen LogP contribution >= 0.6 is 11.3 Å². The number of carbonyl (C=O) groups excluding carboxylic acids is 2. The molecule has 56 heavy (non-hydrogen) atoms. The highest BCUT2D eigenvalue weighted by Crippen LogP contribution is 2.45. The molecule has 2 atom stereocenters. The number of carboxylic acids is 1. The molecule has 4 heterocycles. The van der Waals surface area contributed by atoms with E-state index in [4.69, 9.17) is 9.47 Å². The van der Waals surface area contributed by atoms with Crippen molar-refractivity contribution in [1.29, 1.82) is 5.26 Å². The van der Waals surface area contributed by atoms with Crippen LogP contribution in [0.2, 0.25) is 0 Å². The molecular weight excluding hydrogens is 767 g/mol. The Morgan fingerprint density at radius 2 is 1.73 bits per heavy atom. The minimum Gasteiger partial charge on any atom is -0.493 e. The van der Waals surface area contributed by atoms with E-state index >= 15 is 0 Å². The minimum absolute atomic E-state index is 0.0110. The molecule has 3 aromatic rings. The molecule has 0 radical (unpaired) electrons. The molecule has 0 aliphatic carbocycles. The second-order valence-corrected chi connectivity index (χ2v) is 15.6. The molecule has 1 N–H and O–H groups in total. The summed E-state index contributed by atoms with van der Waals surface area (Å²) in [6, 6.07) is 9.49. The van der Waals surface area contributed by atoms with Crippen LogP contribution in [-0.2, 0) is 27.4 Å². The number of aromatic nitrogens is 1. The van der Waals surface area contributed by atoms with Gasteiger partial charge in [-0.3, -0.25) is 19.4 Å². The van der Waals surface area contributed by atoms with Crippen LogP contribution in [0.3, 0.4) is 0 Å². The molecule has 2 unspecified atom stereocenters. The quantitative estimate of drug-likeness (QED) is 0.181. The number of aliphatic carboxylic acids is 1. The third-order valence-electron chi connectivity index (χ3n) is 10.6. The molecular formula is C39H42F6N4O6S. The number of ether oxygens (including phenoxy) is 2. The summed E-state index contributed by atoms with van der Waals surface area (Å²) >= 11 is 0.358. The van der Waals surface area contributed by atoms with Crippen molar-refractivity contribution in [1.82, 2.24) is 14.8 Å². The Labute approximate surface area is 324 Å². The van der Waals surface area contributed by atoms with E-state index in [1.807, 2.05) is 0 Å². The van der Waals surface area contributed by atoms with E-state index in [1.165, 1.54) is 4.90 Å². The standard InChI is InChI=1S/C39H42F6N4O6S/c1-4-8-30-37(55-25-21-31(56-23-25)39(43,44)45,12-7-17-49(30)32(50)26-22-47-16-11-27(26)38(40,41)42)33(51)48-18-13-36(24-46,14-19-48)28-9-5-6-10-29(28)54-20-15-35(2,3)34(52)53/h5-6,9-11,16,21-23,30H,4,7-8,12-15,17-20H2,1-3H3,(H,52,53). The Hall–Kier alpha value is -4.85. The Bertz CT molecular complexity index is 1950. The lowest BCUT2D eigenvalue weighted by Gasteiger charge is -2.51. The monoisotopic (exact) mass is 808 g/mol. The molecule has 2 aromatic heterocycles. The number of halogens is 6. The van der Waals surface area contributed by atoms with Crippen LogP contribution < -0.4 is 9.47 Å². The second kappa shape index (κ2) is 16.3. The molecule has 1 aromatic carbocycles. The van der Waals surface area contributed by atoms with Crippen molar-refractivity contribution in [3.8, 4) is 17.6 Å². The highest BCUT2D eigenvalue weighted by atomic mass is 32.1. The van der Waals surface area contributed by atoms with E-state index in [-0.39, 0.29) is 70.5 Å². The van der Waals surface area contributed by atoms with Crippen LogP contribution in [0.4, 0.5) is 26.3 Å². The number of carboxylic acid groups (broad SMARTS) is 1. The van der Waals surface area contributed by atoms with Gasteiger partial charge < -0.3 is 24.4 Å². The molecule has 0 bridgehead atoms. The Kier molecular flexibility index (Phi) is 12.3. The van der Waals surface area contributed by atoms with Crippen LogP contribution in [0.5, 0.6) is 11.5 Å². The number of pyridine rings is 1. The van der Waals surface area contributed by atoms with Crippen LogP contribution in [0, 0.1) is 16.7 Å². The Morgan fingerprint density at radius 1 is 1.04 bits per heavy atom. The number of carbonyl (C=O) groups is 3. The van der Waals surface area contributed by atoms with E-state index < -0.39 is 68.6 Å². The maximum absolute atomic E-state index is 15.0. The van der Waals surface area contributed by atoms with Gasteiger partial charge >= 0.3 is 18.3 Å². The topological polar surface area (TPSA) is 133 Å². The zero-order chi connectivity index (χ0) is 41.1. The number of hydrogen-bond acceptors (Lipinski definition) is 8. The van der Waals surface area contributed by atoms with E-state index in [1.54, 1.807) is 45.0 Å². The maximum atomic E-state index is 15.0. The van der Waals surface area contributed by atoms with Gasteiger partial charge in [0.2, 0.25) is 5.60 Å². The first kappa shape index (κ1) is 42.3. The lowest BCUT2D eigenvalue weighted by molar-refractivity contribution is -0.160. The summed E-state index contributed by atoms with van der Waals surface area (Å²) in [7, 11) is 0. The Morgan fingerprint density at radius 3 is 2.34 bits per heavy atom. The van der Waals surface area contributed by atoms with Crippen molar-refractivity contribution in [2.75, 3.05) is 26.2 Å². The number of para-hydroxylation sites is 1. The van der Waals surface area contributed by atoms with Gasteiger partial charge in [-0.1, -0.05) is 31.5 Å². The van der Waals surface area contributed by atoms with Gasteiger partial charge in [-0.05, 0) is 58.1 Å². The summed E-state index contributed by atoms with van der Waals surface area (Å²) in [5.74, 6) is -2.59. The third-order valence-corrected chi connectivity index (χ3v) is 11.6. The molecule has 10 nitrogen and oxygen atoms in total. The van der Waals surface area contributed by atoms with Crippen LogP contribution in [0.25, 0.3) is 0 Å². The SMILES string of the molecule is CCCC1N(C(=O)c2cnccc2C(F)(F)F)CCCC1(Oc1csc(C(F)(F)F)c1)C(=O)N1CCC(C#N)(c2ccccc2OCCC(C)(C)C(=O)O)CC1. The normalized spacial score (nSPS) is 20.2. The fourth-order valence-electron chi connectivity index (χ4n) is 7.41. The molecule has 2 saturated heterocycles. The van der Waals surface area contributed by atoms with Crippen LogP contribution in [0.15, 0.2) is 54.2 Å². The first-order valence-electron chi connectivity index (χ1n) is 18.1. The van der Waals surface area contributed by atoms with Crippen molar-refractivity contribution in [3.63, 3.8) is 0 Å². The van der Waals surface area contributed by atoms with E-state index in [9.17, 15) is 51.1 Å². The van der Waals surface area contributed by atoms with Gasteiger partial charge in [0.25, 0.3) is 11.8 Å². The zero-order valence-corrected chi connectivity index (χ0v) is 31.8. The highest BCUT2D eigenvalue weighted by molar-refractivity contribution is 7.10. The molecule has 0 spiro atoms. The molecule has 17 heteroatoms. The summed E-state index contributed by atoms with van der Waals surface area (Å²) in [6.45, 7) is 4.87. The number of nitriles is 1. The molecule has 2 aliphatic heterocycles. The summed E-state index contributed by atoms with van der Waals surface area (Å²) in [6.07, 6.45) is -7.08. The number of amides is 2. The largest absolute Gasteiger partial charge is 0.493 e. The van der Waals surface area contributed by atoms with Gasteiger partial charge in [0.1, 0.15) is 16.4 Å². The van der Waals surface area contributed by atoms with Crippen molar-refractivity contribution in [2.45, 2.75) is 95.1 Å².